The van der Waals surface area contributed by atoms with E-state index in [-0.39, 0.29) is 0 Å². The number of rotatable bonds is 5. The Morgan fingerprint density at radius 3 is 1.03 bits per heavy atom. The van der Waals surface area contributed by atoms with Crippen LogP contribution in [-0.2, 0) is 0 Å². The Labute approximate surface area is 218 Å². The highest BCUT2D eigenvalue weighted by Crippen LogP contribution is 2.73. The van der Waals surface area contributed by atoms with E-state index in [2.05, 4.69) is 0 Å². The minimum Gasteiger partial charge on any atom is -0.128 e. The molecule has 0 heterocycles. The fraction of sp³-hybridized carbons (Fsp3) is 1.00. The van der Waals surface area contributed by atoms with E-state index in [1.807, 2.05) is 0 Å². The monoisotopic (exact) mass is 764 g/mol. The summed E-state index contributed by atoms with van der Waals surface area (Å²) in [6.07, 6.45) is 18.3. The molecule has 0 aromatic heterocycles. The van der Waals surface area contributed by atoms with Crippen molar-refractivity contribution < 1.29 is 0 Å². The molecule has 0 spiro atoms. The second-order valence-corrected chi connectivity index (χ2v) is 67.2. The Hall–Kier alpha value is 3.05. The summed E-state index contributed by atoms with van der Waals surface area (Å²) in [5, 5.41) is 0. The summed E-state index contributed by atoms with van der Waals surface area (Å²) in [4.78, 5) is -3.52. The van der Waals surface area contributed by atoms with Crippen LogP contribution in [0.4, 0.5) is 0 Å². The third-order valence-electron chi connectivity index (χ3n) is 10.6. The molecule has 164 valence electrons. The first-order valence-electron chi connectivity index (χ1n) is 12.2. The van der Waals surface area contributed by atoms with Crippen molar-refractivity contribution in [1.82, 2.24) is 0 Å². The quantitative estimate of drug-likeness (QED) is 0.193. The summed E-state index contributed by atoms with van der Waals surface area (Å²) in [6.45, 7) is 0. The highest BCUT2D eigenvalue weighted by molar-refractivity contribution is 9.63. The molecule has 6 aliphatic rings. The summed E-state index contributed by atoms with van der Waals surface area (Å²) in [7, 11) is 0. The molecule has 0 radical (unpaired) electrons. The van der Waals surface area contributed by atoms with Crippen LogP contribution in [0, 0.1) is 35.5 Å². The van der Waals surface area contributed by atoms with Crippen molar-refractivity contribution in [2.24, 2.45) is 35.5 Å². The van der Waals surface area contributed by atoms with Crippen LogP contribution in [0.1, 0.15) is 77.0 Å². The van der Waals surface area contributed by atoms with Crippen LogP contribution >= 0.6 is 76.5 Å². The fourth-order valence-corrected chi connectivity index (χ4v) is 122. The Bertz CT molecular complexity index is 647. The standard InChI is InChI=1S/C21H33Br5Si3/c22-27(23,19-10-13-1-4-16(19)7-13)29(26,21-12-15-3-6-18(21)9-15)28(24,25)20-11-14-2-5-17(20)8-14/h13-21H,1-12H2. The minimum atomic E-state index is -1.77. The maximum absolute atomic E-state index is 4.90. The van der Waals surface area contributed by atoms with Crippen LogP contribution in [0.15, 0.2) is 0 Å². The van der Waals surface area contributed by atoms with E-state index in [1.165, 1.54) is 64.2 Å². The van der Waals surface area contributed by atoms with E-state index >= 15 is 0 Å². The third-order valence-corrected chi connectivity index (χ3v) is 110. The summed E-state index contributed by atoms with van der Waals surface area (Å²) in [5.74, 6) is 6.18. The van der Waals surface area contributed by atoms with Crippen molar-refractivity contribution in [2.75, 3.05) is 0 Å². The number of hydrogen-bond donors (Lipinski definition) is 0. The molecule has 9 unspecified atom stereocenters. The van der Waals surface area contributed by atoms with E-state index in [9.17, 15) is 0 Å². The number of hydrogen-bond acceptors (Lipinski definition) is 0. The van der Waals surface area contributed by atoms with E-state index in [0.29, 0.717) is 0 Å². The Morgan fingerprint density at radius 1 is 0.414 bits per heavy atom. The Balaban J connectivity index is 1.41. The van der Waals surface area contributed by atoms with Crippen molar-refractivity contribution >= 4 is 91.9 Å². The molecule has 9 atom stereocenters. The highest BCUT2D eigenvalue weighted by Gasteiger charge is 2.76. The van der Waals surface area contributed by atoms with Gasteiger partial charge in [-0.05, 0) is 90.7 Å². The average Bonchev–Trinajstić information content (AvgIpc) is 3.52. The predicted octanol–water partition coefficient (Wildman–Crippen LogP) is 9.52. The maximum atomic E-state index is 4.90. The largest absolute Gasteiger partial charge is 0.206 e. The molecule has 0 amide bonds. The average molecular weight is 769 g/mol. The van der Waals surface area contributed by atoms with E-state index in [0.717, 1.165) is 52.1 Å². The van der Waals surface area contributed by atoms with Gasteiger partial charge < -0.3 is 0 Å². The van der Waals surface area contributed by atoms with Crippen LogP contribution in [0.25, 0.3) is 0 Å². The lowest BCUT2D eigenvalue weighted by atomic mass is 10.0. The van der Waals surface area contributed by atoms with Gasteiger partial charge in [-0.3, -0.25) is 0 Å². The van der Waals surface area contributed by atoms with Crippen molar-refractivity contribution in [1.29, 1.82) is 0 Å². The highest BCUT2D eigenvalue weighted by atomic mass is 79.9. The molecule has 8 heteroatoms. The minimum absolute atomic E-state index is 0.965. The number of halogens is 5. The SMILES string of the molecule is Br[Si](Br)(C1CC2CCC1C2)[Si](Br)(C1CC2CCC1C2)[Si](Br)(Br)C1CC2CCC1C2. The summed E-state index contributed by atoms with van der Waals surface area (Å²) >= 11 is 23.7. The van der Waals surface area contributed by atoms with Gasteiger partial charge in [0.15, 0.2) is 5.73 Å². The van der Waals surface area contributed by atoms with Gasteiger partial charge in [-0.25, -0.2) is 0 Å². The zero-order chi connectivity index (χ0) is 20.2. The molecule has 0 aromatic carbocycles. The van der Waals surface area contributed by atoms with E-state index < -0.39 is 15.4 Å². The zero-order valence-electron chi connectivity index (χ0n) is 17.1. The molecule has 6 saturated carbocycles. The number of fused-ring (bicyclic) bond motifs is 6. The lowest BCUT2D eigenvalue weighted by molar-refractivity contribution is 0.467. The van der Waals surface area contributed by atoms with Crippen molar-refractivity contribution in [3.05, 3.63) is 0 Å². The van der Waals surface area contributed by atoms with Gasteiger partial charge >= 0.3 is 0 Å². The molecular weight excluding hydrogens is 736 g/mol. The second-order valence-electron chi connectivity index (χ2n) is 11.8. The lowest BCUT2D eigenvalue weighted by Crippen LogP contribution is -2.71. The molecule has 0 aliphatic heterocycles. The molecule has 0 N–H and O–H groups in total. The van der Waals surface area contributed by atoms with Crippen molar-refractivity contribution in [3.8, 4) is 0 Å². The van der Waals surface area contributed by atoms with Gasteiger partial charge in [-0.15, -0.1) is 76.5 Å². The lowest BCUT2D eigenvalue weighted by Gasteiger charge is -2.55. The topological polar surface area (TPSA) is 0 Å². The summed E-state index contributed by atoms with van der Waals surface area (Å²) in [6, 6.07) is 0. The molecule has 0 saturated heterocycles. The first-order chi connectivity index (χ1) is 13.7. The molecule has 6 fully saturated rings. The maximum Gasteiger partial charge on any atom is 0.206 e. The summed E-state index contributed by atoms with van der Waals surface area (Å²) < 4.78 is 0. The molecule has 6 rings (SSSR count). The molecule has 0 aromatic rings. The van der Waals surface area contributed by atoms with E-state index in [1.54, 1.807) is 12.8 Å². The van der Waals surface area contributed by atoms with Gasteiger partial charge in [0.2, 0.25) is 9.66 Å². The smallest absolute Gasteiger partial charge is 0.128 e. The van der Waals surface area contributed by atoms with Gasteiger partial charge in [0.25, 0.3) is 0 Å². The van der Waals surface area contributed by atoms with Crippen molar-refractivity contribution in [3.63, 3.8) is 0 Å². The van der Waals surface area contributed by atoms with Crippen LogP contribution in [0.2, 0.25) is 16.6 Å². The normalized spacial score (nSPS) is 50.6. The van der Waals surface area contributed by atoms with Crippen LogP contribution in [-0.4, -0.2) is 15.4 Å². The Morgan fingerprint density at radius 2 is 0.759 bits per heavy atom. The van der Waals surface area contributed by atoms with E-state index in [4.69, 9.17) is 76.5 Å². The molecule has 0 nitrogen and oxygen atoms in total. The fourth-order valence-electron chi connectivity index (χ4n) is 9.37. The molecule has 6 bridgehead atoms. The van der Waals surface area contributed by atoms with Gasteiger partial charge in [-0.2, -0.15) is 0 Å². The van der Waals surface area contributed by atoms with Crippen LogP contribution < -0.4 is 0 Å². The van der Waals surface area contributed by atoms with Gasteiger partial charge in [-0.1, -0.05) is 38.5 Å². The third kappa shape index (κ3) is 3.23. The first-order valence-corrected chi connectivity index (χ1v) is 31.7. The molecule has 29 heavy (non-hydrogen) atoms. The Kier molecular flexibility index (Phi) is 6.04. The van der Waals surface area contributed by atoms with Gasteiger partial charge in [0, 0.05) is 0 Å². The first kappa shape index (κ1) is 22.5. The van der Waals surface area contributed by atoms with Crippen LogP contribution in [0.5, 0.6) is 0 Å². The van der Waals surface area contributed by atoms with Gasteiger partial charge in [0.05, 0.1) is 0 Å². The molecule has 6 aliphatic carbocycles. The zero-order valence-corrected chi connectivity index (χ0v) is 28.0. The molecular formula is C21H33Br5Si3. The predicted molar refractivity (Wildman–Crippen MR) is 149 cm³/mol. The van der Waals surface area contributed by atoms with Crippen molar-refractivity contribution in [2.45, 2.75) is 93.7 Å². The second kappa shape index (κ2) is 7.78. The van der Waals surface area contributed by atoms with Crippen LogP contribution in [0.3, 0.4) is 0 Å². The van der Waals surface area contributed by atoms with Gasteiger partial charge in [0.1, 0.15) is 0 Å². The summed E-state index contributed by atoms with van der Waals surface area (Å²) in [5.41, 5.74) is 1.15.